The Bertz CT molecular complexity index is 222. The number of nitrogens with two attached hydrogens (primary N) is 1. The molecular weight excluding hydrogens is 210 g/mol. The van der Waals surface area contributed by atoms with Gasteiger partial charge in [0.1, 0.15) is 12.1 Å². The smallest absolute Gasteiger partial charge is 0.325 e. The molecule has 0 aliphatic carbocycles. The van der Waals surface area contributed by atoms with Crippen LogP contribution >= 0.6 is 0 Å². The fourth-order valence-corrected chi connectivity index (χ4v) is 1.57. The van der Waals surface area contributed by atoms with E-state index < -0.39 is 12.0 Å². The fourth-order valence-electron chi connectivity index (χ4n) is 1.57. The maximum Gasteiger partial charge on any atom is 0.325 e. The zero-order valence-electron chi connectivity index (χ0n) is 9.98. The molecule has 0 aromatic carbocycles. The third kappa shape index (κ3) is 4.47. The van der Waals surface area contributed by atoms with E-state index in [1.807, 2.05) is 6.92 Å². The second-order valence-electron chi connectivity index (χ2n) is 4.12. The largest absolute Gasteiger partial charge is 0.461 e. The molecule has 1 aliphatic rings. The second kappa shape index (κ2) is 6.83. The van der Waals surface area contributed by atoms with E-state index in [0.29, 0.717) is 19.6 Å². The molecule has 0 spiro atoms. The van der Waals surface area contributed by atoms with Crippen LogP contribution in [0, 0.1) is 0 Å². The van der Waals surface area contributed by atoms with Gasteiger partial charge in [-0.3, -0.25) is 4.79 Å². The molecule has 94 valence electrons. The van der Waals surface area contributed by atoms with Crippen LogP contribution in [0.2, 0.25) is 0 Å². The third-order valence-corrected chi connectivity index (χ3v) is 2.37. The quantitative estimate of drug-likeness (QED) is 0.714. The average Bonchev–Trinajstić information content (AvgIpc) is 2.29. The fraction of sp³-hybridized carbons (Fsp3) is 0.909. The van der Waals surface area contributed by atoms with Gasteiger partial charge < -0.3 is 19.9 Å². The molecule has 1 aliphatic heterocycles. The summed E-state index contributed by atoms with van der Waals surface area (Å²) in [6.07, 6.45) is 1.41. The maximum absolute atomic E-state index is 11.4. The summed E-state index contributed by atoms with van der Waals surface area (Å²) in [6, 6.07) is -0.688. The molecule has 5 nitrogen and oxygen atoms in total. The van der Waals surface area contributed by atoms with Crippen LogP contribution in [-0.4, -0.2) is 44.0 Å². The van der Waals surface area contributed by atoms with Crippen molar-refractivity contribution in [3.8, 4) is 0 Å². The molecule has 16 heavy (non-hydrogen) atoms. The van der Waals surface area contributed by atoms with Crippen molar-refractivity contribution in [3.05, 3.63) is 0 Å². The van der Waals surface area contributed by atoms with E-state index in [0.717, 1.165) is 6.42 Å². The summed E-state index contributed by atoms with van der Waals surface area (Å²) in [7, 11) is 0. The van der Waals surface area contributed by atoms with Crippen LogP contribution < -0.4 is 5.73 Å². The van der Waals surface area contributed by atoms with Gasteiger partial charge in [-0.25, -0.2) is 0 Å². The lowest BCUT2D eigenvalue weighted by atomic mass is 10.2. The predicted octanol–water partition coefficient (Wildman–Crippen LogP) is 0.461. The third-order valence-electron chi connectivity index (χ3n) is 2.37. The highest BCUT2D eigenvalue weighted by atomic mass is 16.6. The van der Waals surface area contributed by atoms with Crippen LogP contribution in [0.1, 0.15) is 26.7 Å². The van der Waals surface area contributed by atoms with Crippen LogP contribution in [0.15, 0.2) is 0 Å². The molecule has 1 rings (SSSR count). The van der Waals surface area contributed by atoms with Gasteiger partial charge in [0.05, 0.1) is 19.3 Å². The Morgan fingerprint density at radius 1 is 1.50 bits per heavy atom. The van der Waals surface area contributed by atoms with Gasteiger partial charge in [-0.15, -0.1) is 0 Å². The molecule has 5 heteroatoms. The van der Waals surface area contributed by atoms with Crippen LogP contribution in [0.3, 0.4) is 0 Å². The lowest BCUT2D eigenvalue weighted by Crippen LogP contribution is -2.37. The van der Waals surface area contributed by atoms with Crippen molar-refractivity contribution in [2.75, 3.05) is 19.8 Å². The minimum Gasteiger partial charge on any atom is -0.461 e. The van der Waals surface area contributed by atoms with Crippen molar-refractivity contribution < 1.29 is 19.0 Å². The number of carbonyl (C=O) groups is 1. The van der Waals surface area contributed by atoms with Crippen LogP contribution in [-0.2, 0) is 19.0 Å². The van der Waals surface area contributed by atoms with Crippen molar-refractivity contribution in [2.45, 2.75) is 44.9 Å². The Morgan fingerprint density at radius 2 is 2.25 bits per heavy atom. The molecule has 1 saturated heterocycles. The molecule has 0 amide bonds. The monoisotopic (exact) mass is 231 g/mol. The molecule has 0 bridgehead atoms. The first-order valence-corrected chi connectivity index (χ1v) is 5.79. The Balaban J connectivity index is 2.48. The van der Waals surface area contributed by atoms with Gasteiger partial charge in [0, 0.05) is 13.0 Å². The molecule has 0 saturated carbocycles. The van der Waals surface area contributed by atoms with E-state index in [9.17, 15) is 4.79 Å². The van der Waals surface area contributed by atoms with Crippen molar-refractivity contribution in [1.29, 1.82) is 0 Å². The van der Waals surface area contributed by atoms with Crippen molar-refractivity contribution in [3.63, 3.8) is 0 Å². The number of ether oxygens (including phenoxy) is 3. The zero-order chi connectivity index (χ0) is 12.0. The van der Waals surface area contributed by atoms with E-state index in [1.54, 1.807) is 0 Å². The van der Waals surface area contributed by atoms with Gasteiger partial charge >= 0.3 is 5.97 Å². The zero-order valence-corrected chi connectivity index (χ0v) is 9.98. The SMILES string of the molecule is CCCOC1COC[C@H](N)C(=O)OC(C)C1. The molecular formula is C11H21NO4. The summed E-state index contributed by atoms with van der Waals surface area (Å²) in [5.41, 5.74) is 5.58. The number of hydrogen-bond acceptors (Lipinski definition) is 5. The molecule has 0 aromatic rings. The molecule has 1 fully saturated rings. The summed E-state index contributed by atoms with van der Waals surface area (Å²) in [6.45, 7) is 5.25. The van der Waals surface area contributed by atoms with Crippen LogP contribution in [0.25, 0.3) is 0 Å². The Labute approximate surface area is 96.2 Å². The van der Waals surface area contributed by atoms with Crippen molar-refractivity contribution in [1.82, 2.24) is 0 Å². The summed E-state index contributed by atoms with van der Waals surface area (Å²) < 4.78 is 16.1. The molecule has 3 atom stereocenters. The average molecular weight is 231 g/mol. The first kappa shape index (κ1) is 13.4. The van der Waals surface area contributed by atoms with Gasteiger partial charge in [-0.1, -0.05) is 6.92 Å². The van der Waals surface area contributed by atoms with Gasteiger partial charge in [0.2, 0.25) is 0 Å². The Hall–Kier alpha value is -0.650. The van der Waals surface area contributed by atoms with Crippen molar-refractivity contribution in [2.24, 2.45) is 5.73 Å². The minimum atomic E-state index is -0.688. The highest BCUT2D eigenvalue weighted by Gasteiger charge is 2.24. The number of hydrogen-bond donors (Lipinski definition) is 1. The van der Waals surface area contributed by atoms with E-state index >= 15 is 0 Å². The number of carbonyl (C=O) groups excluding carboxylic acids is 1. The highest BCUT2D eigenvalue weighted by molar-refractivity contribution is 5.75. The first-order valence-electron chi connectivity index (χ1n) is 5.79. The lowest BCUT2D eigenvalue weighted by Gasteiger charge is -2.19. The van der Waals surface area contributed by atoms with Gasteiger partial charge in [-0.05, 0) is 13.3 Å². The summed E-state index contributed by atoms with van der Waals surface area (Å²) in [4.78, 5) is 11.4. The van der Waals surface area contributed by atoms with Gasteiger partial charge in [0.25, 0.3) is 0 Å². The number of rotatable bonds is 3. The normalized spacial score (nSPS) is 32.4. The molecule has 0 radical (unpaired) electrons. The Kier molecular flexibility index (Phi) is 5.73. The van der Waals surface area contributed by atoms with E-state index in [-0.39, 0.29) is 18.8 Å². The second-order valence-corrected chi connectivity index (χ2v) is 4.12. The van der Waals surface area contributed by atoms with Gasteiger partial charge in [0.15, 0.2) is 0 Å². The van der Waals surface area contributed by atoms with Gasteiger partial charge in [-0.2, -0.15) is 0 Å². The van der Waals surface area contributed by atoms with E-state index in [1.165, 1.54) is 0 Å². The maximum atomic E-state index is 11.4. The first-order chi connectivity index (χ1) is 7.63. The summed E-state index contributed by atoms with van der Waals surface area (Å²) in [5, 5.41) is 0. The van der Waals surface area contributed by atoms with Crippen molar-refractivity contribution >= 4 is 5.97 Å². The van der Waals surface area contributed by atoms with E-state index in [4.69, 9.17) is 19.9 Å². The predicted molar refractivity (Wildman–Crippen MR) is 59.0 cm³/mol. The standard InChI is InChI=1S/C11H21NO4/c1-3-4-15-9-5-8(2)16-11(13)10(12)7-14-6-9/h8-10H,3-7,12H2,1-2H3/t8?,9?,10-/m0/s1. The Morgan fingerprint density at radius 3 is 2.94 bits per heavy atom. The molecule has 2 unspecified atom stereocenters. The summed E-state index contributed by atoms with van der Waals surface area (Å²) >= 11 is 0. The topological polar surface area (TPSA) is 70.8 Å². The minimum absolute atomic E-state index is 0.0203. The number of esters is 1. The van der Waals surface area contributed by atoms with Crippen LogP contribution in [0.4, 0.5) is 0 Å². The highest BCUT2D eigenvalue weighted by Crippen LogP contribution is 2.11. The molecule has 2 N–H and O–H groups in total. The van der Waals surface area contributed by atoms with Crippen LogP contribution in [0.5, 0.6) is 0 Å². The van der Waals surface area contributed by atoms with E-state index in [2.05, 4.69) is 6.92 Å². The summed E-state index contributed by atoms with van der Waals surface area (Å²) in [5.74, 6) is -0.399. The molecule has 0 aromatic heterocycles. The molecule has 1 heterocycles. The lowest BCUT2D eigenvalue weighted by molar-refractivity contribution is -0.151. The number of cyclic esters (lactones) is 1.